The van der Waals surface area contributed by atoms with Gasteiger partial charge in [-0.2, -0.15) is 0 Å². The van der Waals surface area contributed by atoms with E-state index in [4.69, 9.17) is 4.43 Å². The minimum atomic E-state index is -2.47. The fraction of sp³-hybridized carbons (Fsp3) is 0.324. The molecule has 0 saturated heterocycles. The summed E-state index contributed by atoms with van der Waals surface area (Å²) in [5.41, 5.74) is 1.85. The zero-order valence-electron chi connectivity index (χ0n) is 23.7. The summed E-state index contributed by atoms with van der Waals surface area (Å²) in [4.78, 5) is 29.7. The Morgan fingerprint density at radius 2 is 1.25 bits per heavy atom. The predicted octanol–water partition coefficient (Wildman–Crippen LogP) is 6.19. The Hall–Kier alpha value is -3.61. The number of benzene rings is 2. The van der Waals surface area contributed by atoms with Gasteiger partial charge >= 0.3 is 0 Å². The van der Waals surface area contributed by atoms with E-state index >= 15 is 0 Å². The Kier molecular flexibility index (Phi) is 8.29. The predicted molar refractivity (Wildman–Crippen MR) is 162 cm³/mol. The Bertz CT molecular complexity index is 1380. The van der Waals surface area contributed by atoms with Crippen LogP contribution in [-0.2, 0) is 11.0 Å². The molecule has 0 aliphatic heterocycles. The largest absolute Gasteiger partial charge is 0.407 e. The summed E-state index contributed by atoms with van der Waals surface area (Å²) in [5, 5.41) is 2.63. The summed E-state index contributed by atoms with van der Waals surface area (Å²) in [6.45, 7) is 8.48. The van der Waals surface area contributed by atoms with E-state index in [1.807, 2.05) is 17.0 Å². The maximum absolute atomic E-state index is 12.9. The molecule has 2 aromatic carbocycles. The third kappa shape index (κ3) is 5.38. The van der Waals surface area contributed by atoms with Gasteiger partial charge in [0.1, 0.15) is 0 Å². The number of hydrogen-bond donors (Lipinski definition) is 0. The minimum absolute atomic E-state index is 0.00766. The summed E-state index contributed by atoms with van der Waals surface area (Å²) < 4.78 is 8.99. The molecule has 5 nitrogen and oxygen atoms in total. The number of ketones is 2. The maximum atomic E-state index is 12.9. The van der Waals surface area contributed by atoms with Gasteiger partial charge in [-0.1, -0.05) is 101 Å². The highest BCUT2D eigenvalue weighted by Crippen LogP contribution is 2.37. The normalized spacial score (nSPS) is 13.3. The van der Waals surface area contributed by atoms with E-state index in [1.54, 1.807) is 12.3 Å². The number of pyridine rings is 1. The molecule has 206 valence electrons. The number of fused-ring (bicyclic) bond motifs is 2. The van der Waals surface area contributed by atoms with Crippen molar-refractivity contribution in [2.24, 2.45) is 0 Å². The summed E-state index contributed by atoms with van der Waals surface area (Å²) in [6, 6.07) is 23.2. The van der Waals surface area contributed by atoms with Gasteiger partial charge in [0, 0.05) is 43.5 Å². The van der Waals surface area contributed by atoms with Gasteiger partial charge < -0.3 is 8.99 Å². The average Bonchev–Trinajstić information content (AvgIpc) is 3.40. The van der Waals surface area contributed by atoms with Gasteiger partial charge in [-0.25, -0.2) is 0 Å². The van der Waals surface area contributed by atoms with Crippen LogP contribution in [0, 0.1) is 0 Å². The zero-order valence-corrected chi connectivity index (χ0v) is 24.7. The van der Waals surface area contributed by atoms with Gasteiger partial charge in [-0.05, 0) is 34.3 Å². The van der Waals surface area contributed by atoms with Crippen molar-refractivity contribution in [3.05, 3.63) is 114 Å². The molecular formula is C34H38N2O3Si. The van der Waals surface area contributed by atoms with Crippen LogP contribution in [0.1, 0.15) is 84.7 Å². The fourth-order valence-corrected chi connectivity index (χ4v) is 10.6. The molecule has 6 heteroatoms. The number of carbonyl (C=O) groups is 2. The molecule has 5 rings (SSSR count). The first-order valence-electron chi connectivity index (χ1n) is 14.3. The van der Waals surface area contributed by atoms with Gasteiger partial charge in [0.15, 0.2) is 11.6 Å². The summed E-state index contributed by atoms with van der Waals surface area (Å²) in [5.74, 6) is -0.205. The number of carbonyl (C=O) groups excluding carboxylic acids is 2. The number of rotatable bonds is 11. The van der Waals surface area contributed by atoms with E-state index in [0.29, 0.717) is 22.3 Å². The van der Waals surface area contributed by atoms with Crippen molar-refractivity contribution in [3.8, 4) is 0 Å². The monoisotopic (exact) mass is 550 g/mol. The second-order valence-electron chi connectivity index (χ2n) is 11.7. The van der Waals surface area contributed by atoms with Gasteiger partial charge in [0.25, 0.3) is 8.32 Å². The molecule has 0 fully saturated rings. The molecule has 40 heavy (non-hydrogen) atoms. The molecule has 0 amide bonds. The van der Waals surface area contributed by atoms with Crippen molar-refractivity contribution in [1.82, 2.24) is 9.55 Å². The molecule has 1 aliphatic carbocycles. The third-order valence-electron chi connectivity index (χ3n) is 7.98. The Morgan fingerprint density at radius 1 is 0.700 bits per heavy atom. The molecule has 0 N–H and O–H groups in total. The number of nitrogens with zero attached hydrogens (tertiary/aromatic N) is 2. The first kappa shape index (κ1) is 27.9. The fourth-order valence-electron chi connectivity index (χ4n) is 5.98. The molecule has 0 atom stereocenters. The first-order chi connectivity index (χ1) is 19.3. The molecule has 2 heterocycles. The molecule has 2 aromatic heterocycles. The van der Waals surface area contributed by atoms with E-state index in [9.17, 15) is 9.59 Å². The smallest absolute Gasteiger partial charge is 0.261 e. The average molecular weight is 551 g/mol. The van der Waals surface area contributed by atoms with Gasteiger partial charge in [-0.15, -0.1) is 0 Å². The standard InChI is InChI=1S/C34H38N2O3Si/c1-34(2,3)40(26-15-9-7-10-16-26,27-17-11-8-12-18-27)39-22-14-6-4-5-13-21-36-24-30-31(25-36)33(38)29-23-35-20-19-28(29)32(30)37/h7-12,15-20,23-25H,4-6,13-14,21-22H2,1-3H3. The lowest BCUT2D eigenvalue weighted by Crippen LogP contribution is -2.66. The quantitative estimate of drug-likeness (QED) is 0.145. The van der Waals surface area contributed by atoms with Crippen molar-refractivity contribution in [1.29, 1.82) is 0 Å². The zero-order chi connectivity index (χ0) is 28.2. The number of aryl methyl sites for hydroxylation is 1. The highest BCUT2D eigenvalue weighted by atomic mass is 28.4. The lowest BCUT2D eigenvalue weighted by Gasteiger charge is -2.43. The van der Waals surface area contributed by atoms with E-state index < -0.39 is 8.32 Å². The molecule has 0 unspecified atom stereocenters. The summed E-state index contributed by atoms with van der Waals surface area (Å²) >= 11 is 0. The van der Waals surface area contributed by atoms with Crippen LogP contribution in [0.15, 0.2) is 91.5 Å². The number of aromatic nitrogens is 2. The molecule has 0 bridgehead atoms. The topological polar surface area (TPSA) is 61.2 Å². The number of unbranched alkanes of at least 4 members (excludes halogenated alkanes) is 4. The van der Waals surface area contributed by atoms with E-state index in [2.05, 4.69) is 86.4 Å². The SMILES string of the molecule is CC(C)(C)[Si](OCCCCCCCn1cc2c(c1)C(=O)c1cnccc1C2=O)(c1ccccc1)c1ccccc1. The van der Waals surface area contributed by atoms with Gasteiger partial charge in [0.05, 0.1) is 16.7 Å². The minimum Gasteiger partial charge on any atom is -0.407 e. The van der Waals surface area contributed by atoms with Crippen LogP contribution in [0.2, 0.25) is 5.04 Å². The Labute approximate surface area is 238 Å². The summed E-state index contributed by atoms with van der Waals surface area (Å²) in [7, 11) is -2.47. The maximum Gasteiger partial charge on any atom is 0.261 e. The van der Waals surface area contributed by atoms with Crippen LogP contribution in [0.3, 0.4) is 0 Å². The van der Waals surface area contributed by atoms with E-state index in [0.717, 1.165) is 45.3 Å². The van der Waals surface area contributed by atoms with Crippen LogP contribution in [0.5, 0.6) is 0 Å². The highest BCUT2D eigenvalue weighted by Gasteiger charge is 2.49. The first-order valence-corrected chi connectivity index (χ1v) is 16.2. The van der Waals surface area contributed by atoms with Crippen LogP contribution in [-0.4, -0.2) is 36.0 Å². The van der Waals surface area contributed by atoms with Gasteiger partial charge in [-0.3, -0.25) is 14.6 Å². The van der Waals surface area contributed by atoms with Crippen molar-refractivity contribution in [3.63, 3.8) is 0 Å². The third-order valence-corrected chi connectivity index (χ3v) is 13.0. The highest BCUT2D eigenvalue weighted by molar-refractivity contribution is 6.99. The Balaban J connectivity index is 1.14. The van der Waals surface area contributed by atoms with Crippen LogP contribution < -0.4 is 10.4 Å². The van der Waals surface area contributed by atoms with Crippen molar-refractivity contribution in [2.45, 2.75) is 64.5 Å². The second kappa shape index (κ2) is 11.9. The van der Waals surface area contributed by atoms with E-state index in [-0.39, 0.29) is 16.6 Å². The van der Waals surface area contributed by atoms with Crippen LogP contribution >= 0.6 is 0 Å². The van der Waals surface area contributed by atoms with Crippen LogP contribution in [0.25, 0.3) is 0 Å². The van der Waals surface area contributed by atoms with E-state index in [1.165, 1.54) is 16.6 Å². The van der Waals surface area contributed by atoms with Crippen molar-refractivity contribution >= 4 is 30.3 Å². The lowest BCUT2D eigenvalue weighted by molar-refractivity contribution is 0.0979. The lowest BCUT2D eigenvalue weighted by atomic mass is 9.88. The molecule has 0 spiro atoms. The van der Waals surface area contributed by atoms with Gasteiger partial charge in [0.2, 0.25) is 0 Å². The van der Waals surface area contributed by atoms with Crippen LogP contribution in [0.4, 0.5) is 0 Å². The Morgan fingerprint density at radius 3 is 1.85 bits per heavy atom. The van der Waals surface area contributed by atoms with Crippen molar-refractivity contribution in [2.75, 3.05) is 6.61 Å². The second-order valence-corrected chi connectivity index (χ2v) is 16.0. The molecule has 4 aromatic rings. The molecular weight excluding hydrogens is 512 g/mol. The van der Waals surface area contributed by atoms with Crippen molar-refractivity contribution < 1.29 is 14.0 Å². The molecule has 1 aliphatic rings. The number of hydrogen-bond acceptors (Lipinski definition) is 4. The molecule has 0 saturated carbocycles. The summed E-state index contributed by atoms with van der Waals surface area (Å²) in [6.07, 6.45) is 12.1. The molecule has 0 radical (unpaired) electrons.